The molecule has 0 bridgehead atoms. The van der Waals surface area contributed by atoms with Gasteiger partial charge in [0.15, 0.2) is 0 Å². The number of carboxylic acid groups (broad SMARTS) is 1. The van der Waals surface area contributed by atoms with E-state index in [9.17, 15) is 19.8 Å². The van der Waals surface area contributed by atoms with Crippen molar-refractivity contribution in [2.24, 2.45) is 5.16 Å². The average molecular weight is 282 g/mol. The van der Waals surface area contributed by atoms with Gasteiger partial charge in [-0.15, -0.1) is 0 Å². The van der Waals surface area contributed by atoms with Crippen molar-refractivity contribution >= 4 is 23.8 Å². The van der Waals surface area contributed by atoms with Gasteiger partial charge in [-0.05, 0) is 6.07 Å². The zero-order chi connectivity index (χ0) is 15.1. The topological polar surface area (TPSA) is 139 Å². The first kappa shape index (κ1) is 15.6. The average Bonchev–Trinajstić information content (AvgIpc) is 2.38. The summed E-state index contributed by atoms with van der Waals surface area (Å²) in [7, 11) is 0. The molecule has 0 aliphatic carbocycles. The van der Waals surface area contributed by atoms with Gasteiger partial charge in [-0.1, -0.05) is 23.4 Å². The van der Waals surface area contributed by atoms with Crippen LogP contribution in [-0.2, 0) is 9.59 Å². The fourth-order valence-corrected chi connectivity index (χ4v) is 1.58. The SMILES string of the molecule is O=C(O)CC(O)C(O)c1ccccc1NC(=O)C=NO. The van der Waals surface area contributed by atoms with Gasteiger partial charge in [-0.25, -0.2) is 0 Å². The second-order valence-electron chi connectivity index (χ2n) is 3.93. The summed E-state index contributed by atoms with van der Waals surface area (Å²) < 4.78 is 0. The van der Waals surface area contributed by atoms with Crippen LogP contribution in [0, 0.1) is 0 Å². The van der Waals surface area contributed by atoms with Crippen molar-refractivity contribution in [3.63, 3.8) is 0 Å². The monoisotopic (exact) mass is 282 g/mol. The first-order valence-corrected chi connectivity index (χ1v) is 5.61. The quantitative estimate of drug-likeness (QED) is 0.281. The Morgan fingerprint density at radius 2 is 1.95 bits per heavy atom. The number of aliphatic hydroxyl groups excluding tert-OH is 2. The molecule has 108 valence electrons. The van der Waals surface area contributed by atoms with E-state index in [0.29, 0.717) is 6.21 Å². The van der Waals surface area contributed by atoms with Gasteiger partial charge < -0.3 is 25.8 Å². The van der Waals surface area contributed by atoms with Crippen LogP contribution in [0.25, 0.3) is 0 Å². The maximum Gasteiger partial charge on any atom is 0.306 e. The second-order valence-corrected chi connectivity index (χ2v) is 3.93. The number of benzene rings is 1. The molecule has 1 rings (SSSR count). The largest absolute Gasteiger partial charge is 0.481 e. The van der Waals surface area contributed by atoms with Crippen LogP contribution in [0.1, 0.15) is 18.1 Å². The van der Waals surface area contributed by atoms with Crippen LogP contribution in [0.15, 0.2) is 29.4 Å². The highest BCUT2D eigenvalue weighted by molar-refractivity contribution is 6.31. The van der Waals surface area contributed by atoms with E-state index >= 15 is 0 Å². The molecule has 0 heterocycles. The Bertz CT molecular complexity index is 516. The van der Waals surface area contributed by atoms with Crippen molar-refractivity contribution in [3.05, 3.63) is 29.8 Å². The summed E-state index contributed by atoms with van der Waals surface area (Å²) in [6, 6.07) is 6.02. The van der Waals surface area contributed by atoms with Crippen LogP contribution in [0.3, 0.4) is 0 Å². The van der Waals surface area contributed by atoms with Gasteiger partial charge in [0.05, 0.1) is 12.5 Å². The van der Waals surface area contributed by atoms with Gasteiger partial charge in [0.25, 0.3) is 5.91 Å². The van der Waals surface area contributed by atoms with Gasteiger partial charge in [-0.3, -0.25) is 9.59 Å². The third-order valence-corrected chi connectivity index (χ3v) is 2.46. The van der Waals surface area contributed by atoms with E-state index in [4.69, 9.17) is 10.3 Å². The number of anilines is 1. The van der Waals surface area contributed by atoms with Gasteiger partial charge in [0, 0.05) is 11.3 Å². The Hall–Kier alpha value is -2.45. The Balaban J connectivity index is 2.94. The summed E-state index contributed by atoms with van der Waals surface area (Å²) >= 11 is 0. The molecule has 5 N–H and O–H groups in total. The number of carbonyl (C=O) groups is 2. The molecule has 20 heavy (non-hydrogen) atoms. The Morgan fingerprint density at radius 1 is 1.30 bits per heavy atom. The first-order chi connectivity index (χ1) is 9.45. The molecule has 1 aromatic rings. The number of rotatable bonds is 6. The molecule has 0 saturated carbocycles. The number of carboxylic acids is 1. The summed E-state index contributed by atoms with van der Waals surface area (Å²) in [5.41, 5.74) is 0.329. The fraction of sp³-hybridized carbons (Fsp3) is 0.250. The number of para-hydroxylation sites is 1. The van der Waals surface area contributed by atoms with E-state index in [0.717, 1.165) is 0 Å². The number of hydrogen-bond donors (Lipinski definition) is 5. The third kappa shape index (κ3) is 4.34. The molecule has 8 nitrogen and oxygen atoms in total. The summed E-state index contributed by atoms with van der Waals surface area (Å²) in [4.78, 5) is 21.8. The molecule has 2 atom stereocenters. The van der Waals surface area contributed by atoms with Crippen LogP contribution in [0.2, 0.25) is 0 Å². The molecule has 0 aliphatic heterocycles. The van der Waals surface area contributed by atoms with Crippen LogP contribution < -0.4 is 5.32 Å². The van der Waals surface area contributed by atoms with Crippen molar-refractivity contribution < 1.29 is 30.1 Å². The van der Waals surface area contributed by atoms with E-state index in [1.54, 1.807) is 12.1 Å². The molecular weight excluding hydrogens is 268 g/mol. The number of nitrogens with one attached hydrogen (secondary N) is 1. The minimum Gasteiger partial charge on any atom is -0.481 e. The molecule has 0 aromatic heterocycles. The van der Waals surface area contributed by atoms with Crippen LogP contribution in [-0.4, -0.2) is 44.7 Å². The van der Waals surface area contributed by atoms with Gasteiger partial charge in [-0.2, -0.15) is 0 Å². The molecule has 2 unspecified atom stereocenters. The van der Waals surface area contributed by atoms with Gasteiger partial charge >= 0.3 is 5.97 Å². The summed E-state index contributed by atoms with van der Waals surface area (Å²) in [6.45, 7) is 0. The lowest BCUT2D eigenvalue weighted by Crippen LogP contribution is -2.23. The highest BCUT2D eigenvalue weighted by atomic mass is 16.4. The third-order valence-electron chi connectivity index (χ3n) is 2.46. The summed E-state index contributed by atoms with van der Waals surface area (Å²) in [6.07, 6.45) is -3.01. The molecule has 0 saturated heterocycles. The summed E-state index contributed by atoms with van der Waals surface area (Å²) in [5.74, 6) is -2.00. The number of amides is 1. The minimum atomic E-state index is -1.52. The molecule has 0 aliphatic rings. The number of nitrogens with zero attached hydrogens (tertiary/aromatic N) is 1. The number of oxime groups is 1. The Morgan fingerprint density at radius 3 is 2.55 bits per heavy atom. The van der Waals surface area contributed by atoms with E-state index in [-0.39, 0.29) is 11.3 Å². The predicted molar refractivity (Wildman–Crippen MR) is 68.6 cm³/mol. The number of carbonyl (C=O) groups excluding carboxylic acids is 1. The molecular formula is C12H14N2O6. The normalized spacial score (nSPS) is 13.9. The second kappa shape index (κ2) is 7.22. The maximum atomic E-state index is 11.3. The lowest BCUT2D eigenvalue weighted by molar-refractivity contribution is -0.141. The lowest BCUT2D eigenvalue weighted by Gasteiger charge is -2.19. The molecule has 1 amide bonds. The fourth-order valence-electron chi connectivity index (χ4n) is 1.58. The van der Waals surface area contributed by atoms with Crippen molar-refractivity contribution in [2.75, 3.05) is 5.32 Å². The van der Waals surface area contributed by atoms with Gasteiger partial charge in [0.1, 0.15) is 12.3 Å². The Kier molecular flexibility index (Phi) is 5.63. The zero-order valence-corrected chi connectivity index (χ0v) is 10.3. The zero-order valence-electron chi connectivity index (χ0n) is 10.3. The van der Waals surface area contributed by atoms with E-state index in [1.807, 2.05) is 0 Å². The van der Waals surface area contributed by atoms with Crippen LogP contribution in [0.4, 0.5) is 5.69 Å². The molecule has 1 aromatic carbocycles. The van der Waals surface area contributed by atoms with E-state index < -0.39 is 30.5 Å². The number of aliphatic carboxylic acids is 1. The van der Waals surface area contributed by atoms with Crippen LogP contribution in [0.5, 0.6) is 0 Å². The minimum absolute atomic E-state index is 0.154. The van der Waals surface area contributed by atoms with Crippen molar-refractivity contribution in [3.8, 4) is 0 Å². The standard InChI is InChI=1S/C12H14N2O6/c15-9(5-11(17)18)12(19)7-3-1-2-4-8(7)14-10(16)6-13-20/h1-4,6,9,12,15,19-20H,5H2,(H,14,16)(H,17,18). The predicted octanol–water partition coefficient (Wildman–Crippen LogP) is -0.0459. The van der Waals surface area contributed by atoms with Crippen LogP contribution >= 0.6 is 0 Å². The Labute approximate surface area is 114 Å². The molecule has 0 radical (unpaired) electrons. The van der Waals surface area contributed by atoms with E-state index in [1.165, 1.54) is 12.1 Å². The number of hydrogen-bond acceptors (Lipinski definition) is 6. The molecule has 8 heteroatoms. The first-order valence-electron chi connectivity index (χ1n) is 5.61. The molecule has 0 fully saturated rings. The van der Waals surface area contributed by atoms with Crippen molar-refractivity contribution in [1.82, 2.24) is 0 Å². The van der Waals surface area contributed by atoms with E-state index in [2.05, 4.69) is 10.5 Å². The number of aliphatic hydroxyl groups is 2. The highest BCUT2D eigenvalue weighted by Crippen LogP contribution is 2.26. The maximum absolute atomic E-state index is 11.3. The summed E-state index contributed by atoms with van der Waals surface area (Å²) in [5, 5.41) is 41.2. The smallest absolute Gasteiger partial charge is 0.306 e. The van der Waals surface area contributed by atoms with Crippen molar-refractivity contribution in [2.45, 2.75) is 18.6 Å². The molecule has 0 spiro atoms. The highest BCUT2D eigenvalue weighted by Gasteiger charge is 2.23. The van der Waals surface area contributed by atoms with Gasteiger partial charge in [0.2, 0.25) is 0 Å². The lowest BCUT2D eigenvalue weighted by atomic mass is 10.0. The van der Waals surface area contributed by atoms with Crippen molar-refractivity contribution in [1.29, 1.82) is 0 Å².